The third kappa shape index (κ3) is 4.24. The molecular formula is C16H19N3O2. The van der Waals surface area contributed by atoms with E-state index < -0.39 is 0 Å². The average molecular weight is 285 g/mol. The van der Waals surface area contributed by atoms with Gasteiger partial charge in [0.15, 0.2) is 5.82 Å². The van der Waals surface area contributed by atoms with E-state index in [1.54, 1.807) is 12.3 Å². The summed E-state index contributed by atoms with van der Waals surface area (Å²) in [7, 11) is 0. The molecule has 1 N–H and O–H groups in total. The zero-order chi connectivity index (χ0) is 14.3. The van der Waals surface area contributed by atoms with Crippen LogP contribution in [-0.4, -0.2) is 29.8 Å². The molecule has 5 heteroatoms. The predicted octanol–water partition coefficient (Wildman–Crippen LogP) is 2.45. The number of anilines is 1. The molecule has 0 bridgehead atoms. The maximum Gasteiger partial charge on any atom is 0.153 e. The lowest BCUT2D eigenvalue weighted by Gasteiger charge is -2.10. The van der Waals surface area contributed by atoms with Gasteiger partial charge in [0, 0.05) is 31.2 Å². The number of hydrogen-bond acceptors (Lipinski definition) is 5. The fraction of sp³-hybridized carbons (Fsp3) is 0.375. The molecule has 1 fully saturated rings. The molecule has 3 rings (SSSR count). The van der Waals surface area contributed by atoms with Crippen molar-refractivity contribution in [2.24, 2.45) is 5.92 Å². The zero-order valence-electron chi connectivity index (χ0n) is 11.9. The highest BCUT2D eigenvalue weighted by molar-refractivity contribution is 5.31. The number of hydrogen-bond donors (Lipinski definition) is 1. The number of ether oxygens (including phenoxy) is 1. The zero-order valence-corrected chi connectivity index (χ0v) is 11.9. The number of benzene rings is 1. The highest BCUT2D eigenvalue weighted by Gasteiger charge is 2.15. The van der Waals surface area contributed by atoms with Crippen molar-refractivity contribution < 1.29 is 9.57 Å². The van der Waals surface area contributed by atoms with Gasteiger partial charge in [-0.2, -0.15) is 0 Å². The van der Waals surface area contributed by atoms with E-state index in [-0.39, 0.29) is 0 Å². The molecule has 0 saturated carbocycles. The fourth-order valence-corrected chi connectivity index (χ4v) is 2.27. The third-order valence-electron chi connectivity index (χ3n) is 3.43. The maximum absolute atomic E-state index is 5.49. The summed E-state index contributed by atoms with van der Waals surface area (Å²) in [4.78, 5) is 14.2. The predicted molar refractivity (Wildman–Crippen MR) is 79.8 cm³/mol. The van der Waals surface area contributed by atoms with Crippen LogP contribution in [0.3, 0.4) is 0 Å². The first-order valence-corrected chi connectivity index (χ1v) is 7.21. The molecule has 21 heavy (non-hydrogen) atoms. The molecule has 1 aliphatic heterocycles. The van der Waals surface area contributed by atoms with Gasteiger partial charge in [0.2, 0.25) is 0 Å². The van der Waals surface area contributed by atoms with Crippen LogP contribution >= 0.6 is 0 Å². The summed E-state index contributed by atoms with van der Waals surface area (Å²) in [6.07, 6.45) is 3.52. The highest BCUT2D eigenvalue weighted by Crippen LogP contribution is 2.13. The molecule has 1 saturated heterocycles. The van der Waals surface area contributed by atoms with Crippen molar-refractivity contribution >= 4 is 5.82 Å². The van der Waals surface area contributed by atoms with E-state index >= 15 is 0 Å². The normalized spacial score (nSPS) is 17.8. The van der Waals surface area contributed by atoms with E-state index in [0.29, 0.717) is 24.8 Å². The van der Waals surface area contributed by atoms with Gasteiger partial charge < -0.3 is 4.74 Å². The van der Waals surface area contributed by atoms with Crippen LogP contribution in [0.2, 0.25) is 0 Å². The van der Waals surface area contributed by atoms with Gasteiger partial charge in [0.25, 0.3) is 0 Å². The van der Waals surface area contributed by atoms with Crippen molar-refractivity contribution in [2.75, 3.05) is 25.3 Å². The molecule has 0 aliphatic carbocycles. The van der Waals surface area contributed by atoms with Crippen molar-refractivity contribution in [3.63, 3.8) is 0 Å². The first-order valence-electron chi connectivity index (χ1n) is 7.21. The molecule has 0 radical (unpaired) electrons. The maximum atomic E-state index is 5.49. The van der Waals surface area contributed by atoms with E-state index in [1.807, 2.05) is 18.2 Å². The van der Waals surface area contributed by atoms with Crippen LogP contribution in [0.25, 0.3) is 0 Å². The van der Waals surface area contributed by atoms with Gasteiger partial charge in [-0.15, -0.1) is 0 Å². The standard InChI is InChI=1S/C16H19N3O2/c1-2-4-13(5-3-1)10-16-17-8-6-15(18-16)19-21-12-14-7-9-20-11-14/h1-6,8,14H,7,9-12H2,(H,17,18,19). The van der Waals surface area contributed by atoms with E-state index in [1.165, 1.54) is 5.56 Å². The second-order valence-corrected chi connectivity index (χ2v) is 5.16. The van der Waals surface area contributed by atoms with Crippen molar-refractivity contribution in [3.05, 3.63) is 54.0 Å². The Balaban J connectivity index is 1.53. The smallest absolute Gasteiger partial charge is 0.153 e. The summed E-state index contributed by atoms with van der Waals surface area (Å²) in [6.45, 7) is 2.26. The van der Waals surface area contributed by atoms with Gasteiger partial charge in [-0.3, -0.25) is 4.84 Å². The summed E-state index contributed by atoms with van der Waals surface area (Å²) in [5, 5.41) is 0. The molecule has 1 atom stereocenters. The SMILES string of the molecule is c1ccc(Cc2nccc(NOCC3CCOC3)n2)cc1. The second kappa shape index (κ2) is 7.15. The van der Waals surface area contributed by atoms with E-state index in [4.69, 9.17) is 9.57 Å². The lowest BCUT2D eigenvalue weighted by Crippen LogP contribution is -2.14. The van der Waals surface area contributed by atoms with Crippen LogP contribution < -0.4 is 5.48 Å². The molecule has 2 aromatic rings. The monoisotopic (exact) mass is 285 g/mol. The average Bonchev–Trinajstić information content (AvgIpc) is 3.02. The summed E-state index contributed by atoms with van der Waals surface area (Å²) in [5.74, 6) is 1.94. The number of nitrogens with zero attached hydrogens (tertiary/aromatic N) is 2. The van der Waals surface area contributed by atoms with Gasteiger partial charge in [-0.1, -0.05) is 30.3 Å². The lowest BCUT2D eigenvalue weighted by atomic mass is 10.1. The number of nitrogens with one attached hydrogen (secondary N) is 1. The fourth-order valence-electron chi connectivity index (χ4n) is 2.27. The van der Waals surface area contributed by atoms with Crippen LogP contribution in [0.15, 0.2) is 42.6 Å². The van der Waals surface area contributed by atoms with Gasteiger partial charge in [-0.05, 0) is 12.0 Å². The van der Waals surface area contributed by atoms with Crippen LogP contribution in [0.5, 0.6) is 0 Å². The topological polar surface area (TPSA) is 56.3 Å². The Hall–Kier alpha value is -1.98. The minimum Gasteiger partial charge on any atom is -0.381 e. The van der Waals surface area contributed by atoms with E-state index in [0.717, 1.165) is 25.5 Å². The van der Waals surface area contributed by atoms with E-state index in [2.05, 4.69) is 27.6 Å². The number of rotatable bonds is 6. The van der Waals surface area contributed by atoms with Gasteiger partial charge in [0.05, 0.1) is 13.2 Å². The Morgan fingerprint density at radius 3 is 2.95 bits per heavy atom. The molecule has 5 nitrogen and oxygen atoms in total. The van der Waals surface area contributed by atoms with E-state index in [9.17, 15) is 0 Å². The van der Waals surface area contributed by atoms with Gasteiger partial charge >= 0.3 is 0 Å². The van der Waals surface area contributed by atoms with Crippen LogP contribution in [0, 0.1) is 5.92 Å². The largest absolute Gasteiger partial charge is 0.381 e. The summed E-state index contributed by atoms with van der Waals surface area (Å²) in [5.41, 5.74) is 4.08. The van der Waals surface area contributed by atoms with Crippen molar-refractivity contribution in [2.45, 2.75) is 12.8 Å². The van der Waals surface area contributed by atoms with Crippen molar-refractivity contribution in [3.8, 4) is 0 Å². The molecular weight excluding hydrogens is 266 g/mol. The minimum absolute atomic E-state index is 0.475. The molecule has 1 aliphatic rings. The summed E-state index contributed by atoms with van der Waals surface area (Å²) >= 11 is 0. The Morgan fingerprint density at radius 2 is 2.14 bits per heavy atom. The minimum atomic E-state index is 0.475. The first-order chi connectivity index (χ1) is 10.4. The Morgan fingerprint density at radius 1 is 1.24 bits per heavy atom. The summed E-state index contributed by atoms with van der Waals surface area (Å²) < 4.78 is 5.31. The van der Waals surface area contributed by atoms with Crippen molar-refractivity contribution in [1.29, 1.82) is 0 Å². The van der Waals surface area contributed by atoms with Gasteiger partial charge in [-0.25, -0.2) is 15.4 Å². The second-order valence-electron chi connectivity index (χ2n) is 5.16. The molecule has 0 amide bonds. The quantitative estimate of drug-likeness (QED) is 0.826. The Labute approximate surface area is 124 Å². The van der Waals surface area contributed by atoms with Gasteiger partial charge in [0.1, 0.15) is 5.82 Å². The number of aromatic nitrogens is 2. The van der Waals surface area contributed by atoms with Crippen LogP contribution in [0.4, 0.5) is 5.82 Å². The Bertz CT molecular complexity index is 556. The summed E-state index contributed by atoms with van der Waals surface area (Å²) in [6, 6.07) is 12.0. The van der Waals surface area contributed by atoms with Crippen molar-refractivity contribution in [1.82, 2.24) is 9.97 Å². The molecule has 1 unspecified atom stereocenters. The molecule has 1 aromatic carbocycles. The lowest BCUT2D eigenvalue weighted by molar-refractivity contribution is 0.126. The molecule has 2 heterocycles. The van der Waals surface area contributed by atoms with Crippen LogP contribution in [-0.2, 0) is 16.0 Å². The van der Waals surface area contributed by atoms with Crippen LogP contribution in [0.1, 0.15) is 17.8 Å². The molecule has 1 aromatic heterocycles. The Kier molecular flexibility index (Phi) is 4.76. The molecule has 0 spiro atoms. The first kappa shape index (κ1) is 14.0. The third-order valence-corrected chi connectivity index (χ3v) is 3.43. The highest BCUT2D eigenvalue weighted by atomic mass is 16.6. The molecule has 110 valence electrons.